The van der Waals surface area contributed by atoms with Crippen LogP contribution >= 0.6 is 0 Å². The third-order valence-corrected chi connectivity index (χ3v) is 2.61. The van der Waals surface area contributed by atoms with Crippen LogP contribution in [0.5, 0.6) is 0 Å². The fourth-order valence-corrected chi connectivity index (χ4v) is 1.84. The molecule has 1 aromatic carbocycles. The van der Waals surface area contributed by atoms with Gasteiger partial charge in [0.05, 0.1) is 0 Å². The van der Waals surface area contributed by atoms with Crippen LogP contribution < -0.4 is 0 Å². The molecule has 0 fully saturated rings. The monoisotopic (exact) mass is 194 g/mol. The van der Waals surface area contributed by atoms with Gasteiger partial charge in [0.15, 0.2) is 11.6 Å². The minimum Gasteiger partial charge on any atom is -0.204 e. The summed E-state index contributed by atoms with van der Waals surface area (Å²) in [7, 11) is 0. The zero-order chi connectivity index (χ0) is 9.97. The second kappa shape index (κ2) is 3.91. The number of allylic oxidation sites excluding steroid dienone is 2. The molecule has 0 atom stereocenters. The molecule has 74 valence electrons. The molecule has 0 nitrogen and oxygen atoms in total. The standard InChI is InChI=1S/C12H12F2/c13-11-6-5-10(8-12(11)14)7-9-3-1-2-4-9/h1-2,5-6,8-9H,3-4,7H2. The second-order valence-electron chi connectivity index (χ2n) is 3.76. The van der Waals surface area contributed by atoms with E-state index in [1.807, 2.05) is 0 Å². The summed E-state index contributed by atoms with van der Waals surface area (Å²) in [4.78, 5) is 0. The average molecular weight is 194 g/mol. The van der Waals surface area contributed by atoms with Gasteiger partial charge in [-0.25, -0.2) is 8.78 Å². The van der Waals surface area contributed by atoms with Crippen LogP contribution in [-0.4, -0.2) is 0 Å². The van der Waals surface area contributed by atoms with Crippen molar-refractivity contribution in [2.24, 2.45) is 5.92 Å². The van der Waals surface area contributed by atoms with Crippen molar-refractivity contribution in [3.63, 3.8) is 0 Å². The average Bonchev–Trinajstić information content (AvgIpc) is 2.64. The summed E-state index contributed by atoms with van der Waals surface area (Å²) in [6.07, 6.45) is 7.23. The Bertz CT molecular complexity index is 347. The van der Waals surface area contributed by atoms with Gasteiger partial charge in [0.2, 0.25) is 0 Å². The fraction of sp³-hybridized carbons (Fsp3) is 0.333. The van der Waals surface area contributed by atoms with Gasteiger partial charge in [-0.05, 0) is 42.9 Å². The third kappa shape index (κ3) is 2.00. The van der Waals surface area contributed by atoms with Gasteiger partial charge in [-0.15, -0.1) is 0 Å². The topological polar surface area (TPSA) is 0 Å². The van der Waals surface area contributed by atoms with Gasteiger partial charge in [-0.2, -0.15) is 0 Å². The number of rotatable bonds is 2. The number of hydrogen-bond acceptors (Lipinski definition) is 0. The summed E-state index contributed by atoms with van der Waals surface area (Å²) in [5.74, 6) is -0.938. The van der Waals surface area contributed by atoms with Gasteiger partial charge in [0.1, 0.15) is 0 Å². The van der Waals surface area contributed by atoms with Crippen molar-refractivity contribution in [3.05, 3.63) is 47.5 Å². The smallest absolute Gasteiger partial charge is 0.159 e. The maximum atomic E-state index is 12.9. The first-order chi connectivity index (χ1) is 6.75. The van der Waals surface area contributed by atoms with Crippen molar-refractivity contribution in [1.29, 1.82) is 0 Å². The van der Waals surface area contributed by atoms with Crippen molar-refractivity contribution >= 4 is 0 Å². The summed E-state index contributed by atoms with van der Waals surface area (Å²) >= 11 is 0. The molecule has 0 bridgehead atoms. The lowest BCUT2D eigenvalue weighted by molar-refractivity contribution is 0.502. The molecule has 0 N–H and O–H groups in total. The van der Waals surface area contributed by atoms with Crippen molar-refractivity contribution in [2.45, 2.75) is 19.3 Å². The van der Waals surface area contributed by atoms with E-state index < -0.39 is 11.6 Å². The van der Waals surface area contributed by atoms with E-state index in [9.17, 15) is 8.78 Å². The van der Waals surface area contributed by atoms with E-state index in [1.54, 1.807) is 6.07 Å². The Morgan fingerprint density at radius 2 is 1.79 bits per heavy atom. The molecular weight excluding hydrogens is 182 g/mol. The Hall–Kier alpha value is -1.18. The van der Waals surface area contributed by atoms with Crippen molar-refractivity contribution < 1.29 is 8.78 Å². The van der Waals surface area contributed by atoms with Crippen LogP contribution in [0.3, 0.4) is 0 Å². The van der Waals surface area contributed by atoms with Crippen molar-refractivity contribution in [1.82, 2.24) is 0 Å². The van der Waals surface area contributed by atoms with Crippen molar-refractivity contribution in [2.75, 3.05) is 0 Å². The first kappa shape index (κ1) is 9.38. The van der Waals surface area contributed by atoms with Crippen LogP contribution in [0, 0.1) is 17.6 Å². The normalized spacial score (nSPS) is 16.4. The molecule has 0 radical (unpaired) electrons. The zero-order valence-electron chi connectivity index (χ0n) is 7.84. The Morgan fingerprint density at radius 1 is 1.07 bits per heavy atom. The molecule has 2 heteroatoms. The Balaban J connectivity index is 2.06. The Morgan fingerprint density at radius 3 is 2.43 bits per heavy atom. The highest BCUT2D eigenvalue weighted by molar-refractivity contribution is 5.19. The van der Waals surface area contributed by atoms with Crippen LogP contribution in [0.15, 0.2) is 30.4 Å². The molecule has 0 saturated carbocycles. The molecule has 0 heterocycles. The highest BCUT2D eigenvalue weighted by Gasteiger charge is 2.12. The summed E-state index contributed by atoms with van der Waals surface area (Å²) in [5, 5.41) is 0. The molecule has 0 unspecified atom stereocenters. The molecule has 0 aromatic heterocycles. The van der Waals surface area contributed by atoms with E-state index in [4.69, 9.17) is 0 Å². The summed E-state index contributed by atoms with van der Waals surface area (Å²) in [6.45, 7) is 0. The lowest BCUT2D eigenvalue weighted by Crippen LogP contribution is -2.00. The summed E-state index contributed by atoms with van der Waals surface area (Å²) in [6, 6.07) is 4.16. The van der Waals surface area contributed by atoms with Gasteiger partial charge in [-0.1, -0.05) is 18.2 Å². The lowest BCUT2D eigenvalue weighted by atomic mass is 9.97. The molecule has 1 aliphatic carbocycles. The predicted molar refractivity (Wildman–Crippen MR) is 51.9 cm³/mol. The molecule has 0 saturated heterocycles. The largest absolute Gasteiger partial charge is 0.204 e. The highest BCUT2D eigenvalue weighted by Crippen LogP contribution is 2.23. The molecule has 0 aliphatic heterocycles. The SMILES string of the molecule is Fc1ccc(CC2CC=CC2)cc1F. The number of hydrogen-bond donors (Lipinski definition) is 0. The van der Waals surface area contributed by atoms with E-state index in [0.29, 0.717) is 5.92 Å². The molecule has 1 aliphatic rings. The van der Waals surface area contributed by atoms with Gasteiger partial charge in [0, 0.05) is 0 Å². The Kier molecular flexibility index (Phi) is 2.62. The third-order valence-electron chi connectivity index (χ3n) is 2.61. The van der Waals surface area contributed by atoms with Crippen LogP contribution in [-0.2, 0) is 6.42 Å². The Labute approximate surface area is 82.3 Å². The van der Waals surface area contributed by atoms with Gasteiger partial charge < -0.3 is 0 Å². The quantitative estimate of drug-likeness (QED) is 0.632. The second-order valence-corrected chi connectivity index (χ2v) is 3.76. The van der Waals surface area contributed by atoms with Gasteiger partial charge in [-0.3, -0.25) is 0 Å². The molecule has 0 spiro atoms. The van der Waals surface area contributed by atoms with Crippen molar-refractivity contribution in [3.8, 4) is 0 Å². The maximum Gasteiger partial charge on any atom is 0.159 e. The van der Waals surface area contributed by atoms with Crippen LogP contribution in [0.25, 0.3) is 0 Å². The number of benzene rings is 1. The van der Waals surface area contributed by atoms with Crippen LogP contribution in [0.2, 0.25) is 0 Å². The van der Waals surface area contributed by atoms with Gasteiger partial charge in [0.25, 0.3) is 0 Å². The first-order valence-electron chi connectivity index (χ1n) is 4.84. The first-order valence-corrected chi connectivity index (χ1v) is 4.84. The highest BCUT2D eigenvalue weighted by atomic mass is 19.2. The van der Waals surface area contributed by atoms with Crippen LogP contribution in [0.4, 0.5) is 8.78 Å². The molecular formula is C12H12F2. The maximum absolute atomic E-state index is 12.9. The van der Waals surface area contributed by atoms with E-state index in [-0.39, 0.29) is 0 Å². The van der Waals surface area contributed by atoms with E-state index in [1.165, 1.54) is 12.1 Å². The summed E-state index contributed by atoms with van der Waals surface area (Å²) in [5.41, 5.74) is 0.887. The zero-order valence-corrected chi connectivity index (χ0v) is 7.84. The lowest BCUT2D eigenvalue weighted by Gasteiger charge is -2.08. The minimum atomic E-state index is -0.765. The molecule has 14 heavy (non-hydrogen) atoms. The van der Waals surface area contributed by atoms with Crippen LogP contribution in [0.1, 0.15) is 18.4 Å². The minimum absolute atomic E-state index is 0.569. The van der Waals surface area contributed by atoms with E-state index in [0.717, 1.165) is 24.8 Å². The van der Waals surface area contributed by atoms with Gasteiger partial charge >= 0.3 is 0 Å². The molecule has 1 aromatic rings. The fourth-order valence-electron chi connectivity index (χ4n) is 1.84. The summed E-state index contributed by atoms with van der Waals surface area (Å²) < 4.78 is 25.5. The molecule has 2 rings (SSSR count). The predicted octanol–water partition coefficient (Wildman–Crippen LogP) is 3.47. The molecule has 0 amide bonds. The van der Waals surface area contributed by atoms with E-state index in [2.05, 4.69) is 12.2 Å². The van der Waals surface area contributed by atoms with E-state index >= 15 is 0 Å². The number of halogens is 2.